The summed E-state index contributed by atoms with van der Waals surface area (Å²) in [5.74, 6) is -0.412. The van der Waals surface area contributed by atoms with Gasteiger partial charge in [0.1, 0.15) is 5.82 Å². The number of likely N-dealkylation sites (N-methyl/N-ethyl adjacent to an activating group) is 1. The molecule has 0 aliphatic heterocycles. The van der Waals surface area contributed by atoms with Crippen LogP contribution < -0.4 is 16.0 Å². The van der Waals surface area contributed by atoms with E-state index in [1.54, 1.807) is 0 Å². The fraction of sp³-hybridized carbons (Fsp3) is 0.294. The van der Waals surface area contributed by atoms with Crippen LogP contribution in [0.5, 0.6) is 0 Å². The lowest BCUT2D eigenvalue weighted by Crippen LogP contribution is -2.35. The van der Waals surface area contributed by atoms with Gasteiger partial charge >= 0.3 is 0 Å². The molecule has 1 saturated carbocycles. The number of aromatic nitrogens is 2. The van der Waals surface area contributed by atoms with E-state index in [1.807, 2.05) is 30.3 Å². The molecule has 3 N–H and O–H groups in total. The maximum absolute atomic E-state index is 12.2. The van der Waals surface area contributed by atoms with Crippen molar-refractivity contribution in [1.29, 1.82) is 0 Å². The Morgan fingerprint density at radius 1 is 1.20 bits per heavy atom. The second-order valence-electron chi connectivity index (χ2n) is 5.78. The quantitative estimate of drug-likeness (QED) is 0.719. The average Bonchev–Trinajstić information content (AvgIpc) is 3.41. The van der Waals surface area contributed by atoms with Crippen molar-refractivity contribution in [3.8, 4) is 5.69 Å². The van der Waals surface area contributed by atoms with Crippen LogP contribution >= 0.6 is 0 Å². The number of nitrogens with one attached hydrogen (secondary N) is 3. The standard InChI is InChI=1S/C17H19N5O3/c1-18-15(23)10-19-17(25)13-9-14(20-16(24)11-7-8-11)22(21-13)12-5-3-2-4-6-12/h2-6,9,11H,7-8,10H2,1H3,(H,18,23)(H,19,25)(H,20,24). The summed E-state index contributed by atoms with van der Waals surface area (Å²) in [6, 6.07) is 10.7. The van der Waals surface area contributed by atoms with Crippen LogP contribution in [0, 0.1) is 5.92 Å². The number of nitrogens with zero attached hydrogens (tertiary/aromatic N) is 2. The lowest BCUT2D eigenvalue weighted by molar-refractivity contribution is -0.119. The third kappa shape index (κ3) is 4.03. The molecule has 8 nitrogen and oxygen atoms in total. The molecule has 25 heavy (non-hydrogen) atoms. The van der Waals surface area contributed by atoms with Crippen molar-refractivity contribution >= 4 is 23.5 Å². The van der Waals surface area contributed by atoms with Crippen molar-refractivity contribution in [2.45, 2.75) is 12.8 Å². The molecule has 1 aliphatic rings. The van der Waals surface area contributed by atoms with Crippen LogP contribution in [0.15, 0.2) is 36.4 Å². The fourth-order valence-corrected chi connectivity index (χ4v) is 2.26. The molecule has 0 saturated heterocycles. The van der Waals surface area contributed by atoms with Crippen molar-refractivity contribution in [3.63, 3.8) is 0 Å². The van der Waals surface area contributed by atoms with E-state index < -0.39 is 5.91 Å². The van der Waals surface area contributed by atoms with Gasteiger partial charge < -0.3 is 16.0 Å². The van der Waals surface area contributed by atoms with Crippen LogP contribution in [-0.4, -0.2) is 41.1 Å². The number of hydrogen-bond acceptors (Lipinski definition) is 4. The summed E-state index contributed by atoms with van der Waals surface area (Å²) >= 11 is 0. The van der Waals surface area contributed by atoms with Crippen LogP contribution in [0.4, 0.5) is 5.82 Å². The minimum atomic E-state index is -0.486. The average molecular weight is 341 g/mol. The molecule has 1 aliphatic carbocycles. The zero-order valence-electron chi connectivity index (χ0n) is 13.8. The van der Waals surface area contributed by atoms with E-state index in [4.69, 9.17) is 0 Å². The van der Waals surface area contributed by atoms with Gasteiger partial charge in [0.2, 0.25) is 11.8 Å². The molecule has 0 unspecified atom stereocenters. The van der Waals surface area contributed by atoms with Crippen LogP contribution in [0.2, 0.25) is 0 Å². The SMILES string of the molecule is CNC(=O)CNC(=O)c1cc(NC(=O)C2CC2)n(-c2ccccc2)n1. The highest BCUT2D eigenvalue weighted by Crippen LogP contribution is 2.30. The maximum Gasteiger partial charge on any atom is 0.272 e. The lowest BCUT2D eigenvalue weighted by atomic mass is 10.3. The Labute approximate surface area is 144 Å². The first kappa shape index (κ1) is 16.7. The monoisotopic (exact) mass is 341 g/mol. The van der Waals surface area contributed by atoms with Gasteiger partial charge in [-0.15, -0.1) is 0 Å². The first-order valence-corrected chi connectivity index (χ1v) is 8.03. The molecule has 1 fully saturated rings. The first-order valence-electron chi connectivity index (χ1n) is 8.03. The number of carbonyl (C=O) groups excluding carboxylic acids is 3. The summed E-state index contributed by atoms with van der Waals surface area (Å²) in [4.78, 5) is 35.6. The molecule has 3 rings (SSSR count). The summed E-state index contributed by atoms with van der Waals surface area (Å²) in [7, 11) is 1.49. The predicted octanol–water partition coefficient (Wildman–Crippen LogP) is 0.697. The van der Waals surface area contributed by atoms with Crippen molar-refractivity contribution in [1.82, 2.24) is 20.4 Å². The molecular weight excluding hydrogens is 322 g/mol. The van der Waals surface area contributed by atoms with Crippen LogP contribution in [0.25, 0.3) is 5.69 Å². The molecule has 1 heterocycles. The van der Waals surface area contributed by atoms with Crippen LogP contribution in [0.3, 0.4) is 0 Å². The van der Waals surface area contributed by atoms with Gasteiger partial charge in [-0.1, -0.05) is 18.2 Å². The van der Waals surface area contributed by atoms with Gasteiger partial charge in [-0.05, 0) is 25.0 Å². The molecule has 1 aromatic heterocycles. The van der Waals surface area contributed by atoms with E-state index in [2.05, 4.69) is 21.0 Å². The molecule has 0 bridgehead atoms. The Bertz CT molecular complexity index is 796. The topological polar surface area (TPSA) is 105 Å². The van der Waals surface area contributed by atoms with Gasteiger partial charge in [-0.3, -0.25) is 14.4 Å². The fourth-order valence-electron chi connectivity index (χ4n) is 2.26. The third-order valence-corrected chi connectivity index (χ3v) is 3.83. The number of amides is 3. The maximum atomic E-state index is 12.2. The number of para-hydroxylation sites is 1. The number of rotatable bonds is 6. The summed E-state index contributed by atoms with van der Waals surface area (Å²) < 4.78 is 1.51. The van der Waals surface area contributed by atoms with Gasteiger partial charge in [-0.2, -0.15) is 5.10 Å². The third-order valence-electron chi connectivity index (χ3n) is 3.83. The van der Waals surface area contributed by atoms with E-state index >= 15 is 0 Å². The number of anilines is 1. The van der Waals surface area contributed by atoms with E-state index in [-0.39, 0.29) is 30.0 Å². The molecular formula is C17H19N5O3. The number of benzene rings is 1. The Hall–Kier alpha value is -3.16. The second-order valence-corrected chi connectivity index (χ2v) is 5.78. The van der Waals surface area contributed by atoms with E-state index in [1.165, 1.54) is 17.8 Å². The summed E-state index contributed by atoms with van der Waals surface area (Å²) in [5.41, 5.74) is 0.845. The summed E-state index contributed by atoms with van der Waals surface area (Å²) in [5, 5.41) is 12.0. The zero-order chi connectivity index (χ0) is 17.8. The van der Waals surface area contributed by atoms with Crippen LogP contribution in [-0.2, 0) is 9.59 Å². The zero-order valence-corrected chi connectivity index (χ0v) is 13.8. The van der Waals surface area contributed by atoms with Crippen LogP contribution in [0.1, 0.15) is 23.3 Å². The predicted molar refractivity (Wildman–Crippen MR) is 91.3 cm³/mol. The van der Waals surface area contributed by atoms with Crippen molar-refractivity contribution in [3.05, 3.63) is 42.1 Å². The number of hydrogen-bond donors (Lipinski definition) is 3. The molecule has 2 aromatic rings. The normalized spacial score (nSPS) is 13.2. The molecule has 130 valence electrons. The largest absolute Gasteiger partial charge is 0.358 e. The molecule has 3 amide bonds. The molecule has 8 heteroatoms. The molecule has 0 atom stereocenters. The van der Waals surface area contributed by atoms with Gasteiger partial charge in [0, 0.05) is 19.0 Å². The first-order chi connectivity index (χ1) is 12.1. The Morgan fingerprint density at radius 2 is 1.92 bits per heavy atom. The molecule has 1 aromatic carbocycles. The van der Waals surface area contributed by atoms with Gasteiger partial charge in [0.05, 0.1) is 12.2 Å². The number of carbonyl (C=O) groups is 3. The van der Waals surface area contributed by atoms with Gasteiger partial charge in [0.25, 0.3) is 5.91 Å². The Balaban J connectivity index is 1.84. The van der Waals surface area contributed by atoms with E-state index in [9.17, 15) is 14.4 Å². The summed E-state index contributed by atoms with van der Waals surface area (Å²) in [6.45, 7) is -0.142. The summed E-state index contributed by atoms with van der Waals surface area (Å²) in [6.07, 6.45) is 1.76. The van der Waals surface area contributed by atoms with E-state index in [0.717, 1.165) is 18.5 Å². The van der Waals surface area contributed by atoms with Gasteiger partial charge in [0.15, 0.2) is 5.69 Å². The van der Waals surface area contributed by atoms with Crippen molar-refractivity contribution in [2.24, 2.45) is 5.92 Å². The minimum absolute atomic E-state index is 0.0321. The highest BCUT2D eigenvalue weighted by Gasteiger charge is 2.30. The highest BCUT2D eigenvalue weighted by molar-refractivity contribution is 5.98. The molecule has 0 spiro atoms. The Kier molecular flexibility index (Phi) is 4.78. The lowest BCUT2D eigenvalue weighted by Gasteiger charge is -2.08. The molecule has 0 radical (unpaired) electrons. The van der Waals surface area contributed by atoms with Crippen molar-refractivity contribution < 1.29 is 14.4 Å². The minimum Gasteiger partial charge on any atom is -0.358 e. The highest BCUT2D eigenvalue weighted by atomic mass is 16.2. The van der Waals surface area contributed by atoms with Crippen molar-refractivity contribution in [2.75, 3.05) is 18.9 Å². The Morgan fingerprint density at radius 3 is 2.56 bits per heavy atom. The smallest absolute Gasteiger partial charge is 0.272 e. The van der Waals surface area contributed by atoms with E-state index in [0.29, 0.717) is 5.82 Å². The second kappa shape index (κ2) is 7.16. The van der Waals surface area contributed by atoms with Gasteiger partial charge in [-0.25, -0.2) is 4.68 Å².